The van der Waals surface area contributed by atoms with Crippen LogP contribution in [0.1, 0.15) is 37.2 Å². The number of nitrogens with two attached hydrogens (primary N) is 1. The molecule has 0 spiro atoms. The fourth-order valence-electron chi connectivity index (χ4n) is 2.06. The molecule has 3 nitrogen and oxygen atoms in total. The summed E-state index contributed by atoms with van der Waals surface area (Å²) in [5, 5.41) is 0.756. The van der Waals surface area contributed by atoms with Crippen LogP contribution in [0.5, 0.6) is 0 Å². The number of hydrogen-bond donors (Lipinski definition) is 1. The van der Waals surface area contributed by atoms with Gasteiger partial charge in [-0.2, -0.15) is 0 Å². The normalized spacial score (nSPS) is 13.8. The van der Waals surface area contributed by atoms with Crippen molar-refractivity contribution in [2.24, 2.45) is 5.73 Å². The first-order chi connectivity index (χ1) is 9.49. The molecule has 0 amide bonds. The van der Waals surface area contributed by atoms with E-state index in [0.717, 1.165) is 16.4 Å². The SMILES string of the molecule is CC(c1ccc(Cl)cc1)N(C)c1ccc([C@H](C)N)nc1. The minimum atomic E-state index is -0.0388. The van der Waals surface area contributed by atoms with Crippen molar-refractivity contribution in [2.45, 2.75) is 25.9 Å². The Morgan fingerprint density at radius 1 is 1.10 bits per heavy atom. The van der Waals surface area contributed by atoms with Gasteiger partial charge in [-0.05, 0) is 43.7 Å². The maximum absolute atomic E-state index is 5.92. The average molecular weight is 290 g/mol. The summed E-state index contributed by atoms with van der Waals surface area (Å²) in [4.78, 5) is 6.58. The highest BCUT2D eigenvalue weighted by Gasteiger charge is 2.13. The zero-order valence-electron chi connectivity index (χ0n) is 12.0. The number of benzene rings is 1. The second-order valence-corrected chi connectivity index (χ2v) is 5.50. The molecule has 0 saturated heterocycles. The van der Waals surface area contributed by atoms with Crippen molar-refractivity contribution in [3.05, 3.63) is 58.9 Å². The number of pyridine rings is 1. The second-order valence-electron chi connectivity index (χ2n) is 5.07. The molecule has 2 atom stereocenters. The third kappa shape index (κ3) is 3.30. The molecule has 106 valence electrons. The molecule has 1 aromatic carbocycles. The molecule has 0 aliphatic heterocycles. The first-order valence-electron chi connectivity index (χ1n) is 6.69. The molecule has 2 rings (SSSR count). The lowest BCUT2D eigenvalue weighted by Crippen LogP contribution is -2.22. The van der Waals surface area contributed by atoms with Gasteiger partial charge in [-0.25, -0.2) is 0 Å². The summed E-state index contributed by atoms with van der Waals surface area (Å²) >= 11 is 5.92. The average Bonchev–Trinajstić information content (AvgIpc) is 2.46. The van der Waals surface area contributed by atoms with Crippen LogP contribution >= 0.6 is 11.6 Å². The lowest BCUT2D eigenvalue weighted by molar-refractivity contribution is 0.732. The Morgan fingerprint density at radius 3 is 2.25 bits per heavy atom. The summed E-state index contributed by atoms with van der Waals surface area (Å²) < 4.78 is 0. The Bertz CT molecular complexity index is 549. The van der Waals surface area contributed by atoms with Crippen molar-refractivity contribution in [1.82, 2.24) is 4.98 Å². The van der Waals surface area contributed by atoms with E-state index in [4.69, 9.17) is 17.3 Å². The minimum absolute atomic E-state index is 0.0388. The molecule has 1 aromatic heterocycles. The number of hydrogen-bond acceptors (Lipinski definition) is 3. The topological polar surface area (TPSA) is 42.1 Å². The molecular formula is C16H20ClN3. The van der Waals surface area contributed by atoms with Gasteiger partial charge in [-0.1, -0.05) is 23.7 Å². The van der Waals surface area contributed by atoms with Gasteiger partial charge >= 0.3 is 0 Å². The third-order valence-corrected chi connectivity index (χ3v) is 3.83. The van der Waals surface area contributed by atoms with E-state index < -0.39 is 0 Å². The van der Waals surface area contributed by atoms with Gasteiger partial charge in [0.05, 0.1) is 23.6 Å². The molecule has 4 heteroatoms. The smallest absolute Gasteiger partial charge is 0.0569 e. The summed E-state index contributed by atoms with van der Waals surface area (Å²) in [5.41, 5.74) is 9.00. The van der Waals surface area contributed by atoms with Crippen LogP contribution in [-0.4, -0.2) is 12.0 Å². The third-order valence-electron chi connectivity index (χ3n) is 3.58. The maximum atomic E-state index is 5.92. The van der Waals surface area contributed by atoms with Crippen molar-refractivity contribution in [3.8, 4) is 0 Å². The lowest BCUT2D eigenvalue weighted by Gasteiger charge is -2.27. The Labute approximate surface area is 125 Å². The van der Waals surface area contributed by atoms with Crippen LogP contribution in [-0.2, 0) is 0 Å². The second kappa shape index (κ2) is 6.25. The van der Waals surface area contributed by atoms with Crippen LogP contribution in [0.3, 0.4) is 0 Å². The number of nitrogens with zero attached hydrogens (tertiary/aromatic N) is 2. The van der Waals surface area contributed by atoms with E-state index in [9.17, 15) is 0 Å². The van der Waals surface area contributed by atoms with Crippen LogP contribution in [0, 0.1) is 0 Å². The number of rotatable bonds is 4. The van der Waals surface area contributed by atoms with Gasteiger partial charge in [0.1, 0.15) is 0 Å². The van der Waals surface area contributed by atoms with Gasteiger partial charge in [0, 0.05) is 18.1 Å². The first-order valence-corrected chi connectivity index (χ1v) is 7.06. The monoisotopic (exact) mass is 289 g/mol. The largest absolute Gasteiger partial charge is 0.367 e. The molecule has 0 bridgehead atoms. The van der Waals surface area contributed by atoms with Gasteiger partial charge in [0.25, 0.3) is 0 Å². The van der Waals surface area contributed by atoms with E-state index in [1.54, 1.807) is 0 Å². The van der Waals surface area contributed by atoms with Crippen LogP contribution in [0.4, 0.5) is 5.69 Å². The molecule has 2 N–H and O–H groups in total. The standard InChI is InChI=1S/C16H20ClN3/c1-11(18)16-9-8-15(10-19-16)20(3)12(2)13-4-6-14(17)7-5-13/h4-12H,18H2,1-3H3/t11-,12?/m0/s1. The van der Waals surface area contributed by atoms with Gasteiger partial charge in [-0.15, -0.1) is 0 Å². The molecule has 1 heterocycles. The van der Waals surface area contributed by atoms with E-state index in [1.165, 1.54) is 5.56 Å². The van der Waals surface area contributed by atoms with E-state index in [1.807, 2.05) is 43.5 Å². The Morgan fingerprint density at radius 2 is 1.75 bits per heavy atom. The molecule has 0 aliphatic carbocycles. The molecule has 0 fully saturated rings. The molecule has 2 aromatic rings. The maximum Gasteiger partial charge on any atom is 0.0569 e. The fraction of sp³-hybridized carbons (Fsp3) is 0.312. The minimum Gasteiger partial charge on any atom is -0.367 e. The molecule has 0 aliphatic rings. The van der Waals surface area contributed by atoms with Crippen LogP contribution in [0.15, 0.2) is 42.6 Å². The van der Waals surface area contributed by atoms with E-state index in [2.05, 4.69) is 29.9 Å². The predicted octanol–water partition coefficient (Wildman–Crippen LogP) is 3.95. The Balaban J connectivity index is 2.17. The molecular weight excluding hydrogens is 270 g/mol. The lowest BCUT2D eigenvalue weighted by atomic mass is 10.1. The van der Waals surface area contributed by atoms with Gasteiger partial charge in [0.2, 0.25) is 0 Å². The summed E-state index contributed by atoms with van der Waals surface area (Å²) in [6.07, 6.45) is 1.87. The highest BCUT2D eigenvalue weighted by Crippen LogP contribution is 2.26. The summed E-state index contributed by atoms with van der Waals surface area (Å²) in [7, 11) is 2.06. The van der Waals surface area contributed by atoms with E-state index in [0.29, 0.717) is 0 Å². The van der Waals surface area contributed by atoms with E-state index in [-0.39, 0.29) is 12.1 Å². The van der Waals surface area contributed by atoms with Crippen molar-refractivity contribution in [3.63, 3.8) is 0 Å². The molecule has 20 heavy (non-hydrogen) atoms. The molecule has 0 saturated carbocycles. The van der Waals surface area contributed by atoms with Crippen LogP contribution in [0.25, 0.3) is 0 Å². The van der Waals surface area contributed by atoms with Gasteiger partial charge in [-0.3, -0.25) is 4.98 Å². The number of aromatic nitrogens is 1. The fourth-order valence-corrected chi connectivity index (χ4v) is 2.19. The van der Waals surface area contributed by atoms with Crippen molar-refractivity contribution in [2.75, 3.05) is 11.9 Å². The van der Waals surface area contributed by atoms with Crippen LogP contribution < -0.4 is 10.6 Å². The summed E-state index contributed by atoms with van der Waals surface area (Å²) in [6, 6.07) is 12.2. The summed E-state index contributed by atoms with van der Waals surface area (Å²) in [5.74, 6) is 0. The van der Waals surface area contributed by atoms with Gasteiger partial charge < -0.3 is 10.6 Å². The van der Waals surface area contributed by atoms with Crippen molar-refractivity contribution >= 4 is 17.3 Å². The van der Waals surface area contributed by atoms with Crippen LogP contribution in [0.2, 0.25) is 5.02 Å². The summed E-state index contributed by atoms with van der Waals surface area (Å²) in [6.45, 7) is 4.09. The zero-order chi connectivity index (χ0) is 14.7. The molecule has 1 unspecified atom stereocenters. The quantitative estimate of drug-likeness (QED) is 0.926. The van der Waals surface area contributed by atoms with Crippen molar-refractivity contribution < 1.29 is 0 Å². The first kappa shape index (κ1) is 14.8. The Kier molecular flexibility index (Phi) is 4.63. The highest BCUT2D eigenvalue weighted by atomic mass is 35.5. The Hall–Kier alpha value is -1.58. The predicted molar refractivity (Wildman–Crippen MR) is 85.1 cm³/mol. The highest BCUT2D eigenvalue weighted by molar-refractivity contribution is 6.30. The zero-order valence-corrected chi connectivity index (χ0v) is 12.8. The molecule has 0 radical (unpaired) electrons. The van der Waals surface area contributed by atoms with Gasteiger partial charge in [0.15, 0.2) is 0 Å². The number of anilines is 1. The van der Waals surface area contributed by atoms with Crippen molar-refractivity contribution in [1.29, 1.82) is 0 Å². The number of halogens is 1. The van der Waals surface area contributed by atoms with E-state index >= 15 is 0 Å².